The number of aromatic nitrogens is 2. The van der Waals surface area contributed by atoms with Crippen LogP contribution >= 0.6 is 11.6 Å². The molecule has 2 N–H and O–H groups in total. The van der Waals surface area contributed by atoms with Gasteiger partial charge in [0.05, 0.1) is 40.1 Å². The minimum Gasteiger partial charge on any atom is -0.502 e. The molecule has 29 heavy (non-hydrogen) atoms. The third-order valence-electron chi connectivity index (χ3n) is 4.30. The molecule has 0 aliphatic carbocycles. The number of nitro benzene ring substituents is 1. The van der Waals surface area contributed by atoms with E-state index in [1.807, 2.05) is 6.07 Å². The van der Waals surface area contributed by atoms with Crippen LogP contribution in [-0.4, -0.2) is 33.7 Å². The predicted molar refractivity (Wildman–Crippen MR) is 109 cm³/mol. The lowest BCUT2D eigenvalue weighted by molar-refractivity contribution is -0.385. The molecule has 0 spiro atoms. The van der Waals surface area contributed by atoms with Crippen molar-refractivity contribution < 1.29 is 19.5 Å². The summed E-state index contributed by atoms with van der Waals surface area (Å²) in [5, 5.41) is 25.8. The summed E-state index contributed by atoms with van der Waals surface area (Å²) in [6, 6.07) is 6.60. The number of ether oxygens (including phenoxy) is 2. The van der Waals surface area contributed by atoms with Gasteiger partial charge in [-0.25, -0.2) is 9.97 Å². The largest absolute Gasteiger partial charge is 0.502 e. The van der Waals surface area contributed by atoms with Crippen LogP contribution in [0.3, 0.4) is 0 Å². The second-order valence-corrected chi connectivity index (χ2v) is 6.47. The van der Waals surface area contributed by atoms with E-state index in [9.17, 15) is 15.2 Å². The van der Waals surface area contributed by atoms with Gasteiger partial charge >= 0.3 is 5.69 Å². The summed E-state index contributed by atoms with van der Waals surface area (Å²) in [5.74, 6) is 0.500. The van der Waals surface area contributed by atoms with Crippen LogP contribution < -0.4 is 10.1 Å². The molecule has 0 unspecified atom stereocenters. The number of aromatic hydroxyl groups is 1. The van der Waals surface area contributed by atoms with Gasteiger partial charge in [-0.05, 0) is 24.6 Å². The molecule has 0 aliphatic rings. The Kier molecular flexibility index (Phi) is 6.30. The van der Waals surface area contributed by atoms with Gasteiger partial charge in [0.15, 0.2) is 0 Å². The first-order valence-electron chi connectivity index (χ1n) is 8.74. The monoisotopic (exact) mass is 418 g/mol. The highest BCUT2D eigenvalue weighted by atomic mass is 35.5. The van der Waals surface area contributed by atoms with E-state index in [1.54, 1.807) is 19.1 Å². The third-order valence-corrected chi connectivity index (χ3v) is 4.60. The predicted octanol–water partition coefficient (Wildman–Crippen LogP) is 4.05. The quantitative estimate of drug-likeness (QED) is 0.415. The second-order valence-electron chi connectivity index (χ2n) is 6.06. The Labute approximate surface area is 171 Å². The van der Waals surface area contributed by atoms with Gasteiger partial charge in [-0.2, -0.15) is 0 Å². The Hall–Kier alpha value is -3.17. The Balaban J connectivity index is 2.01. The maximum Gasteiger partial charge on any atom is 0.311 e. The molecule has 0 saturated carbocycles. The van der Waals surface area contributed by atoms with Crippen molar-refractivity contribution in [3.63, 3.8) is 0 Å². The summed E-state index contributed by atoms with van der Waals surface area (Å²) in [7, 11) is 1.54. The Morgan fingerprint density at radius 2 is 2.10 bits per heavy atom. The van der Waals surface area contributed by atoms with Crippen LogP contribution in [0.15, 0.2) is 30.6 Å². The molecule has 0 atom stereocenters. The van der Waals surface area contributed by atoms with Crippen molar-refractivity contribution in [1.82, 2.24) is 9.97 Å². The number of hydrogen-bond donors (Lipinski definition) is 2. The van der Waals surface area contributed by atoms with Crippen LogP contribution in [0.5, 0.6) is 11.5 Å². The minimum atomic E-state index is -0.649. The van der Waals surface area contributed by atoms with Crippen molar-refractivity contribution in [2.75, 3.05) is 19.0 Å². The number of nitro groups is 1. The zero-order valence-electron chi connectivity index (χ0n) is 15.8. The minimum absolute atomic E-state index is 0.00887. The van der Waals surface area contributed by atoms with Crippen LogP contribution in [0.4, 0.5) is 11.5 Å². The topological polar surface area (TPSA) is 120 Å². The van der Waals surface area contributed by atoms with E-state index in [-0.39, 0.29) is 12.2 Å². The van der Waals surface area contributed by atoms with Crippen molar-refractivity contribution in [2.24, 2.45) is 0 Å². The summed E-state index contributed by atoms with van der Waals surface area (Å²) >= 11 is 6.15. The Morgan fingerprint density at radius 3 is 2.76 bits per heavy atom. The van der Waals surface area contributed by atoms with Crippen LogP contribution in [0.25, 0.3) is 10.9 Å². The summed E-state index contributed by atoms with van der Waals surface area (Å²) in [5.41, 5.74) is 1.06. The van der Waals surface area contributed by atoms with Crippen molar-refractivity contribution in [1.29, 1.82) is 0 Å². The number of methoxy groups -OCH3 is 1. The molecule has 9 nitrogen and oxygen atoms in total. The molecule has 0 bridgehead atoms. The number of anilines is 1. The standard InChI is InChI=1S/C19H19ClN4O5/c1-3-29-9-13-17-12(7-15(18(13)25)24(26)27)19(23-10-22-17)21-8-11-4-5-16(28-2)14(20)6-11/h4-7,10,25H,3,8-9H2,1-2H3,(H,21,22,23). The van der Waals surface area contributed by atoms with E-state index in [1.165, 1.54) is 19.5 Å². The molecular weight excluding hydrogens is 400 g/mol. The maximum absolute atomic E-state index is 11.4. The van der Waals surface area contributed by atoms with Crippen molar-refractivity contribution >= 4 is 34.0 Å². The molecule has 1 aromatic heterocycles. The second kappa shape index (κ2) is 8.89. The molecule has 3 rings (SSSR count). The molecule has 1 heterocycles. The van der Waals surface area contributed by atoms with Gasteiger partial charge < -0.3 is 19.9 Å². The molecule has 0 amide bonds. The number of phenolic OH excluding ortho intramolecular Hbond substituents is 1. The molecule has 10 heteroatoms. The first kappa shape index (κ1) is 20.6. The zero-order valence-corrected chi connectivity index (χ0v) is 16.6. The van der Waals surface area contributed by atoms with Crippen molar-refractivity contribution in [3.05, 3.63) is 56.9 Å². The van der Waals surface area contributed by atoms with Crippen molar-refractivity contribution in [2.45, 2.75) is 20.1 Å². The van der Waals surface area contributed by atoms with Crippen molar-refractivity contribution in [3.8, 4) is 11.5 Å². The van der Waals surface area contributed by atoms with E-state index >= 15 is 0 Å². The van der Waals surface area contributed by atoms with Gasteiger partial charge in [-0.1, -0.05) is 17.7 Å². The fourth-order valence-electron chi connectivity index (χ4n) is 2.87. The fraction of sp³-hybridized carbons (Fsp3) is 0.263. The number of nitrogens with zero attached hydrogens (tertiary/aromatic N) is 3. The van der Waals surface area contributed by atoms with Crippen LogP contribution in [0.1, 0.15) is 18.1 Å². The SMILES string of the molecule is CCOCc1c(O)c([N+](=O)[O-])cc2c(NCc3ccc(OC)c(Cl)c3)ncnc12. The Morgan fingerprint density at radius 1 is 1.31 bits per heavy atom. The molecule has 0 saturated heterocycles. The number of phenols is 1. The first-order chi connectivity index (χ1) is 14.0. The highest BCUT2D eigenvalue weighted by Gasteiger charge is 2.23. The third kappa shape index (κ3) is 4.30. The molecule has 0 fully saturated rings. The van der Waals surface area contributed by atoms with Gasteiger partial charge in [-0.3, -0.25) is 10.1 Å². The molecule has 3 aromatic rings. The summed E-state index contributed by atoms with van der Waals surface area (Å²) in [6.45, 7) is 2.53. The highest BCUT2D eigenvalue weighted by Crippen LogP contribution is 2.38. The highest BCUT2D eigenvalue weighted by molar-refractivity contribution is 6.32. The molecule has 0 aliphatic heterocycles. The molecule has 2 aromatic carbocycles. The number of fused-ring (bicyclic) bond motifs is 1. The van der Waals surface area contributed by atoms with Gasteiger partial charge in [0.2, 0.25) is 5.75 Å². The molecule has 0 radical (unpaired) electrons. The summed E-state index contributed by atoms with van der Waals surface area (Å²) < 4.78 is 10.5. The average molecular weight is 419 g/mol. The van der Waals surface area contributed by atoms with Crippen LogP contribution in [-0.2, 0) is 17.9 Å². The first-order valence-corrected chi connectivity index (χ1v) is 9.12. The van der Waals surface area contributed by atoms with E-state index in [4.69, 9.17) is 21.1 Å². The van der Waals surface area contributed by atoms with Gasteiger partial charge in [0.25, 0.3) is 0 Å². The van der Waals surface area contributed by atoms with Crippen LogP contribution in [0.2, 0.25) is 5.02 Å². The lowest BCUT2D eigenvalue weighted by Gasteiger charge is -2.13. The lowest BCUT2D eigenvalue weighted by Crippen LogP contribution is -2.05. The number of hydrogen-bond acceptors (Lipinski definition) is 8. The normalized spacial score (nSPS) is 10.9. The van der Waals surface area contributed by atoms with Gasteiger partial charge in [-0.15, -0.1) is 0 Å². The molecular formula is C19H19ClN4O5. The van der Waals surface area contributed by atoms with E-state index in [0.717, 1.165) is 5.56 Å². The Bertz CT molecular complexity index is 1060. The van der Waals surface area contributed by atoms with Crippen LogP contribution in [0, 0.1) is 10.1 Å². The number of rotatable bonds is 8. The number of nitrogens with one attached hydrogen (secondary N) is 1. The van der Waals surface area contributed by atoms with E-state index in [2.05, 4.69) is 15.3 Å². The number of benzene rings is 2. The maximum atomic E-state index is 11.4. The smallest absolute Gasteiger partial charge is 0.311 e. The summed E-state index contributed by atoms with van der Waals surface area (Å²) in [6.07, 6.45) is 1.33. The zero-order chi connectivity index (χ0) is 21.0. The van der Waals surface area contributed by atoms with E-state index < -0.39 is 16.4 Å². The average Bonchev–Trinajstić information content (AvgIpc) is 2.71. The lowest BCUT2D eigenvalue weighted by atomic mass is 10.1. The summed E-state index contributed by atoms with van der Waals surface area (Å²) in [4.78, 5) is 19.1. The number of halogens is 1. The fourth-order valence-corrected chi connectivity index (χ4v) is 3.15. The van der Waals surface area contributed by atoms with Gasteiger partial charge in [0, 0.05) is 19.2 Å². The van der Waals surface area contributed by atoms with E-state index in [0.29, 0.717) is 40.6 Å². The molecule has 152 valence electrons. The van der Waals surface area contributed by atoms with Gasteiger partial charge in [0.1, 0.15) is 17.9 Å².